The smallest absolute Gasteiger partial charge is 0.335 e. The third-order valence-corrected chi connectivity index (χ3v) is 2.70. The predicted octanol–water partition coefficient (Wildman–Crippen LogP) is 1.95. The zero-order valence-corrected chi connectivity index (χ0v) is 8.66. The molecule has 0 aliphatic heterocycles. The largest absolute Gasteiger partial charge is 0.481 e. The van der Waals surface area contributed by atoms with Crippen molar-refractivity contribution >= 4 is 23.7 Å². The number of carboxylic acids is 2. The molecular formula is C10H10O4S. The van der Waals surface area contributed by atoms with Crippen LogP contribution < -0.4 is 0 Å². The topological polar surface area (TPSA) is 74.6 Å². The molecule has 0 fully saturated rings. The van der Waals surface area contributed by atoms with Crippen molar-refractivity contribution in [2.75, 3.05) is 5.75 Å². The van der Waals surface area contributed by atoms with Crippen molar-refractivity contribution in [2.45, 2.75) is 11.3 Å². The van der Waals surface area contributed by atoms with Crippen LogP contribution in [0.5, 0.6) is 0 Å². The molecule has 0 bridgehead atoms. The van der Waals surface area contributed by atoms with Gasteiger partial charge in [0.1, 0.15) is 0 Å². The van der Waals surface area contributed by atoms with Gasteiger partial charge in [0, 0.05) is 10.6 Å². The maximum absolute atomic E-state index is 10.5. The van der Waals surface area contributed by atoms with Crippen molar-refractivity contribution in [3.63, 3.8) is 0 Å². The Morgan fingerprint density at radius 2 is 1.73 bits per heavy atom. The first-order valence-electron chi connectivity index (χ1n) is 4.27. The quantitative estimate of drug-likeness (QED) is 0.750. The summed E-state index contributed by atoms with van der Waals surface area (Å²) in [4.78, 5) is 21.6. The lowest BCUT2D eigenvalue weighted by atomic mass is 10.2. The summed E-state index contributed by atoms with van der Waals surface area (Å²) in [6, 6.07) is 6.36. The Kier molecular flexibility index (Phi) is 4.17. The maximum atomic E-state index is 10.5. The van der Waals surface area contributed by atoms with Crippen LogP contribution in [0.15, 0.2) is 29.2 Å². The summed E-state index contributed by atoms with van der Waals surface area (Å²) < 4.78 is 0. The van der Waals surface area contributed by atoms with E-state index >= 15 is 0 Å². The van der Waals surface area contributed by atoms with E-state index in [-0.39, 0.29) is 12.0 Å². The van der Waals surface area contributed by atoms with Crippen LogP contribution in [-0.4, -0.2) is 27.9 Å². The van der Waals surface area contributed by atoms with Gasteiger partial charge < -0.3 is 10.2 Å². The van der Waals surface area contributed by atoms with Gasteiger partial charge in [0.2, 0.25) is 0 Å². The van der Waals surface area contributed by atoms with Crippen LogP contribution in [-0.2, 0) is 4.79 Å². The molecule has 0 unspecified atom stereocenters. The Hall–Kier alpha value is -1.49. The number of benzene rings is 1. The molecule has 15 heavy (non-hydrogen) atoms. The SMILES string of the molecule is O=C(O)CCSc1ccc(C(=O)O)cc1. The third-order valence-electron chi connectivity index (χ3n) is 1.69. The van der Waals surface area contributed by atoms with Gasteiger partial charge in [-0.05, 0) is 24.3 Å². The number of aliphatic carboxylic acids is 1. The summed E-state index contributed by atoms with van der Waals surface area (Å²) in [7, 11) is 0. The van der Waals surface area contributed by atoms with E-state index < -0.39 is 11.9 Å². The zero-order valence-electron chi connectivity index (χ0n) is 7.84. The number of hydrogen-bond acceptors (Lipinski definition) is 3. The van der Waals surface area contributed by atoms with Crippen LogP contribution in [0.2, 0.25) is 0 Å². The minimum absolute atomic E-state index is 0.103. The second-order valence-electron chi connectivity index (χ2n) is 2.82. The summed E-state index contributed by atoms with van der Waals surface area (Å²) >= 11 is 1.40. The van der Waals surface area contributed by atoms with E-state index in [0.717, 1.165) is 4.90 Å². The van der Waals surface area contributed by atoms with Crippen LogP contribution in [0.4, 0.5) is 0 Å². The molecule has 0 aliphatic carbocycles. The van der Waals surface area contributed by atoms with E-state index in [4.69, 9.17) is 10.2 Å². The van der Waals surface area contributed by atoms with Crippen molar-refractivity contribution in [3.8, 4) is 0 Å². The molecule has 1 aromatic rings. The standard InChI is InChI=1S/C10H10O4S/c11-9(12)5-6-15-8-3-1-7(2-4-8)10(13)14/h1-4H,5-6H2,(H,11,12)(H,13,14). The molecule has 80 valence electrons. The van der Waals surface area contributed by atoms with Gasteiger partial charge in [-0.2, -0.15) is 0 Å². The first-order valence-corrected chi connectivity index (χ1v) is 5.26. The zero-order chi connectivity index (χ0) is 11.3. The summed E-state index contributed by atoms with van der Waals surface area (Å²) in [6.45, 7) is 0. The lowest BCUT2D eigenvalue weighted by molar-refractivity contribution is -0.136. The molecule has 4 nitrogen and oxygen atoms in total. The molecule has 0 heterocycles. The summed E-state index contributed by atoms with van der Waals surface area (Å²) in [5.41, 5.74) is 0.234. The number of thioether (sulfide) groups is 1. The monoisotopic (exact) mass is 226 g/mol. The Morgan fingerprint density at radius 3 is 2.20 bits per heavy atom. The molecule has 0 aromatic heterocycles. The van der Waals surface area contributed by atoms with E-state index in [9.17, 15) is 9.59 Å². The van der Waals surface area contributed by atoms with Gasteiger partial charge >= 0.3 is 11.9 Å². The number of carbonyl (C=O) groups is 2. The van der Waals surface area contributed by atoms with E-state index in [2.05, 4.69) is 0 Å². The van der Waals surface area contributed by atoms with Crippen LogP contribution in [0, 0.1) is 0 Å². The van der Waals surface area contributed by atoms with E-state index in [1.165, 1.54) is 23.9 Å². The molecule has 0 aliphatic rings. The van der Waals surface area contributed by atoms with Crippen LogP contribution in [0.25, 0.3) is 0 Å². The molecule has 0 saturated carbocycles. The number of aromatic carboxylic acids is 1. The highest BCUT2D eigenvalue weighted by Gasteiger charge is 2.02. The molecule has 1 rings (SSSR count). The Balaban J connectivity index is 2.50. The highest BCUT2D eigenvalue weighted by Crippen LogP contribution is 2.19. The number of carboxylic acid groups (broad SMARTS) is 2. The minimum atomic E-state index is -0.961. The summed E-state index contributed by atoms with van der Waals surface area (Å²) in [5.74, 6) is -1.30. The Bertz CT molecular complexity index is 358. The third kappa shape index (κ3) is 4.03. The first-order chi connectivity index (χ1) is 7.09. The summed E-state index contributed by atoms with van der Waals surface area (Å²) in [5, 5.41) is 17.1. The second kappa shape index (κ2) is 5.41. The normalized spacial score (nSPS) is 9.87. The fourth-order valence-corrected chi connectivity index (χ4v) is 1.79. The van der Waals surface area contributed by atoms with Gasteiger partial charge in [0.05, 0.1) is 12.0 Å². The average molecular weight is 226 g/mol. The van der Waals surface area contributed by atoms with Crippen LogP contribution >= 0.6 is 11.8 Å². The predicted molar refractivity (Wildman–Crippen MR) is 56.4 cm³/mol. The van der Waals surface area contributed by atoms with Crippen molar-refractivity contribution in [2.24, 2.45) is 0 Å². The van der Waals surface area contributed by atoms with Gasteiger partial charge in [-0.3, -0.25) is 4.79 Å². The van der Waals surface area contributed by atoms with Gasteiger partial charge in [0.15, 0.2) is 0 Å². The molecular weight excluding hydrogens is 216 g/mol. The molecule has 0 radical (unpaired) electrons. The lowest BCUT2D eigenvalue weighted by Crippen LogP contribution is -1.96. The fraction of sp³-hybridized carbons (Fsp3) is 0.200. The van der Waals surface area contributed by atoms with Gasteiger partial charge in [-0.1, -0.05) is 0 Å². The summed E-state index contributed by atoms with van der Waals surface area (Å²) in [6.07, 6.45) is 0.103. The second-order valence-corrected chi connectivity index (χ2v) is 3.99. The van der Waals surface area contributed by atoms with E-state index in [1.807, 2.05) is 0 Å². The highest BCUT2D eigenvalue weighted by molar-refractivity contribution is 7.99. The fourth-order valence-electron chi connectivity index (χ4n) is 0.950. The highest BCUT2D eigenvalue weighted by atomic mass is 32.2. The lowest BCUT2D eigenvalue weighted by Gasteiger charge is -2.00. The van der Waals surface area contributed by atoms with Gasteiger partial charge in [-0.15, -0.1) is 11.8 Å². The Morgan fingerprint density at radius 1 is 1.13 bits per heavy atom. The van der Waals surface area contributed by atoms with Crippen molar-refractivity contribution in [1.82, 2.24) is 0 Å². The number of rotatable bonds is 5. The molecule has 0 spiro atoms. The van der Waals surface area contributed by atoms with Crippen molar-refractivity contribution in [3.05, 3.63) is 29.8 Å². The van der Waals surface area contributed by atoms with Crippen LogP contribution in [0.1, 0.15) is 16.8 Å². The number of hydrogen-bond donors (Lipinski definition) is 2. The molecule has 5 heteroatoms. The van der Waals surface area contributed by atoms with Crippen molar-refractivity contribution < 1.29 is 19.8 Å². The maximum Gasteiger partial charge on any atom is 0.335 e. The van der Waals surface area contributed by atoms with Gasteiger partial charge in [0.25, 0.3) is 0 Å². The van der Waals surface area contributed by atoms with E-state index in [0.29, 0.717) is 5.75 Å². The van der Waals surface area contributed by atoms with Crippen molar-refractivity contribution in [1.29, 1.82) is 0 Å². The molecule has 0 atom stereocenters. The first kappa shape index (κ1) is 11.6. The minimum Gasteiger partial charge on any atom is -0.481 e. The molecule has 0 saturated heterocycles. The van der Waals surface area contributed by atoms with Crippen LogP contribution in [0.3, 0.4) is 0 Å². The molecule has 2 N–H and O–H groups in total. The molecule has 1 aromatic carbocycles. The van der Waals surface area contributed by atoms with E-state index in [1.54, 1.807) is 12.1 Å². The van der Waals surface area contributed by atoms with Gasteiger partial charge in [-0.25, -0.2) is 4.79 Å². The average Bonchev–Trinajstić information content (AvgIpc) is 2.18. The Labute approximate surface area is 90.9 Å². The molecule has 0 amide bonds.